The van der Waals surface area contributed by atoms with E-state index in [9.17, 15) is 14.4 Å². The number of primary amides is 1. The number of nitrogens with zero attached hydrogens (tertiary/aromatic N) is 2. The number of thioether (sulfide) groups is 1. The Kier molecular flexibility index (Phi) is 3.99. The second kappa shape index (κ2) is 5.91. The van der Waals surface area contributed by atoms with E-state index in [2.05, 4.69) is 5.32 Å². The Morgan fingerprint density at radius 3 is 2.79 bits per heavy atom. The van der Waals surface area contributed by atoms with Gasteiger partial charge in [0.2, 0.25) is 17.7 Å². The van der Waals surface area contributed by atoms with Gasteiger partial charge in [0.25, 0.3) is 0 Å². The molecular formula is C16H24N4O3S. The number of carbonyl (C=O) groups excluding carboxylic acids is 3. The molecule has 0 saturated carbocycles. The summed E-state index contributed by atoms with van der Waals surface area (Å²) in [5, 5.41) is 3.28. The number of nitrogens with one attached hydrogen (secondary N) is 1. The van der Waals surface area contributed by atoms with Gasteiger partial charge in [0, 0.05) is 12.3 Å². The number of carbonyl (C=O) groups is 3. The molecule has 4 fully saturated rings. The van der Waals surface area contributed by atoms with E-state index in [-0.39, 0.29) is 23.2 Å². The highest BCUT2D eigenvalue weighted by atomic mass is 32.2. The van der Waals surface area contributed by atoms with E-state index in [1.165, 1.54) is 0 Å². The fourth-order valence-corrected chi connectivity index (χ4v) is 6.17. The summed E-state index contributed by atoms with van der Waals surface area (Å²) in [6, 6.07) is -0.697. The second-order valence-electron chi connectivity index (χ2n) is 7.23. The summed E-state index contributed by atoms with van der Waals surface area (Å²) in [5.74, 6) is 0.124. The van der Waals surface area contributed by atoms with Crippen molar-refractivity contribution in [1.82, 2.24) is 15.1 Å². The van der Waals surface area contributed by atoms with Crippen molar-refractivity contribution in [1.29, 1.82) is 0 Å². The minimum Gasteiger partial charge on any atom is -0.368 e. The van der Waals surface area contributed by atoms with Crippen molar-refractivity contribution in [2.75, 3.05) is 18.8 Å². The fourth-order valence-electron chi connectivity index (χ4n) is 4.75. The monoisotopic (exact) mass is 352 g/mol. The molecule has 0 aliphatic carbocycles. The zero-order valence-corrected chi connectivity index (χ0v) is 14.5. The number of nitrogens with two attached hydrogens (primary N) is 1. The van der Waals surface area contributed by atoms with Crippen LogP contribution in [0, 0.1) is 0 Å². The van der Waals surface area contributed by atoms with Gasteiger partial charge in [0.15, 0.2) is 0 Å². The van der Waals surface area contributed by atoms with Crippen LogP contribution in [0.5, 0.6) is 0 Å². The van der Waals surface area contributed by atoms with Crippen LogP contribution in [0.3, 0.4) is 0 Å². The molecule has 4 aliphatic rings. The van der Waals surface area contributed by atoms with Crippen molar-refractivity contribution < 1.29 is 14.4 Å². The van der Waals surface area contributed by atoms with Gasteiger partial charge in [-0.2, -0.15) is 0 Å². The van der Waals surface area contributed by atoms with Crippen LogP contribution in [0.1, 0.15) is 38.5 Å². The van der Waals surface area contributed by atoms with E-state index in [0.29, 0.717) is 25.1 Å². The molecule has 132 valence electrons. The Balaban J connectivity index is 1.62. The molecule has 0 bridgehead atoms. The van der Waals surface area contributed by atoms with E-state index in [0.717, 1.165) is 32.2 Å². The largest absolute Gasteiger partial charge is 0.368 e. The number of hydrogen-bond donors (Lipinski definition) is 2. The van der Waals surface area contributed by atoms with E-state index < -0.39 is 17.5 Å². The molecule has 0 aromatic heterocycles. The highest BCUT2D eigenvalue weighted by molar-refractivity contribution is 8.00. The van der Waals surface area contributed by atoms with Crippen molar-refractivity contribution >= 4 is 29.5 Å². The molecule has 4 aliphatic heterocycles. The lowest BCUT2D eigenvalue weighted by atomic mass is 9.84. The van der Waals surface area contributed by atoms with E-state index in [4.69, 9.17) is 5.73 Å². The van der Waals surface area contributed by atoms with Crippen LogP contribution in [0.2, 0.25) is 0 Å². The van der Waals surface area contributed by atoms with Gasteiger partial charge in [-0.15, -0.1) is 11.8 Å². The summed E-state index contributed by atoms with van der Waals surface area (Å²) in [6.45, 7) is 1.50. The third-order valence-electron chi connectivity index (χ3n) is 5.97. The molecule has 3 N–H and O–H groups in total. The van der Waals surface area contributed by atoms with Gasteiger partial charge in [-0.1, -0.05) is 0 Å². The van der Waals surface area contributed by atoms with Crippen molar-refractivity contribution in [3.05, 3.63) is 0 Å². The van der Waals surface area contributed by atoms with E-state index in [1.807, 2.05) is 4.90 Å². The maximum atomic E-state index is 13.4. The van der Waals surface area contributed by atoms with Crippen LogP contribution < -0.4 is 11.1 Å². The van der Waals surface area contributed by atoms with E-state index >= 15 is 0 Å². The predicted octanol–water partition coefficient (Wildman–Crippen LogP) is -0.351. The molecule has 4 heterocycles. The Morgan fingerprint density at radius 2 is 2.08 bits per heavy atom. The highest BCUT2D eigenvalue weighted by Gasteiger charge is 2.58. The van der Waals surface area contributed by atoms with Crippen LogP contribution in [0.25, 0.3) is 0 Å². The van der Waals surface area contributed by atoms with E-state index in [1.54, 1.807) is 16.7 Å². The summed E-state index contributed by atoms with van der Waals surface area (Å²) >= 11 is 1.63. The quantitative estimate of drug-likeness (QED) is 0.708. The maximum absolute atomic E-state index is 13.4. The average molecular weight is 352 g/mol. The van der Waals surface area contributed by atoms with Gasteiger partial charge in [-0.3, -0.25) is 14.4 Å². The van der Waals surface area contributed by atoms with Gasteiger partial charge < -0.3 is 20.9 Å². The van der Waals surface area contributed by atoms with Crippen LogP contribution >= 0.6 is 11.8 Å². The first-order chi connectivity index (χ1) is 11.5. The molecule has 1 spiro atoms. The van der Waals surface area contributed by atoms with Crippen LogP contribution in [0.15, 0.2) is 0 Å². The Labute approximate surface area is 145 Å². The van der Waals surface area contributed by atoms with Gasteiger partial charge in [-0.25, -0.2) is 0 Å². The summed E-state index contributed by atoms with van der Waals surface area (Å²) in [5.41, 5.74) is 4.76. The van der Waals surface area contributed by atoms with Crippen molar-refractivity contribution in [3.8, 4) is 0 Å². The number of likely N-dealkylation sites (tertiary alicyclic amines) is 1. The first-order valence-corrected chi connectivity index (χ1v) is 9.88. The van der Waals surface area contributed by atoms with Crippen LogP contribution in [-0.4, -0.2) is 69.4 Å². The lowest BCUT2D eigenvalue weighted by Crippen LogP contribution is -2.66. The van der Waals surface area contributed by atoms with Crippen molar-refractivity contribution in [2.45, 2.75) is 61.5 Å². The number of rotatable bonds is 2. The SMILES string of the molecule is NC(=O)[C@H]1CS[C@H]2CC[C@]3(CCCN3C(=O)[C@@H]3CCCN3)C(=O)N21. The highest BCUT2D eigenvalue weighted by Crippen LogP contribution is 2.46. The zero-order chi connectivity index (χ0) is 16.9. The van der Waals surface area contributed by atoms with Crippen LogP contribution in [-0.2, 0) is 14.4 Å². The van der Waals surface area contributed by atoms with Gasteiger partial charge in [0.1, 0.15) is 11.6 Å². The standard InChI is InChI=1S/C16H24N4O3S/c17-13(21)11-9-24-12-4-6-16(15(23)20(11)12)5-2-8-19(16)14(22)10-3-1-7-18-10/h10-12,18H,1-9H2,(H2,17,21)/t10-,11+,12-,16+/m0/s1. The zero-order valence-electron chi connectivity index (χ0n) is 13.7. The van der Waals surface area contributed by atoms with Gasteiger partial charge in [-0.05, 0) is 45.1 Å². The molecule has 0 aromatic rings. The molecule has 3 amide bonds. The lowest BCUT2D eigenvalue weighted by Gasteiger charge is -2.47. The molecule has 0 aromatic carbocycles. The minimum atomic E-state index is -0.754. The molecule has 0 radical (unpaired) electrons. The van der Waals surface area contributed by atoms with Crippen molar-refractivity contribution in [3.63, 3.8) is 0 Å². The average Bonchev–Trinajstić information content (AvgIpc) is 3.29. The first kappa shape index (κ1) is 16.2. The third kappa shape index (κ3) is 2.26. The molecule has 4 saturated heterocycles. The smallest absolute Gasteiger partial charge is 0.250 e. The molecule has 8 heteroatoms. The maximum Gasteiger partial charge on any atom is 0.250 e. The van der Waals surface area contributed by atoms with Crippen molar-refractivity contribution in [2.24, 2.45) is 5.73 Å². The molecule has 4 atom stereocenters. The number of piperidine rings is 1. The summed E-state index contributed by atoms with van der Waals surface area (Å²) < 4.78 is 0. The number of amides is 3. The normalized spacial score (nSPS) is 38.8. The molecule has 4 rings (SSSR count). The lowest BCUT2D eigenvalue weighted by molar-refractivity contribution is -0.159. The van der Waals surface area contributed by atoms with Gasteiger partial charge >= 0.3 is 0 Å². The Morgan fingerprint density at radius 1 is 1.25 bits per heavy atom. The second-order valence-corrected chi connectivity index (χ2v) is 8.44. The predicted molar refractivity (Wildman–Crippen MR) is 90.0 cm³/mol. The van der Waals surface area contributed by atoms with Crippen LogP contribution in [0.4, 0.5) is 0 Å². The molecule has 24 heavy (non-hydrogen) atoms. The summed E-state index contributed by atoms with van der Waals surface area (Å²) in [7, 11) is 0. The molecule has 7 nitrogen and oxygen atoms in total. The molecule has 0 unspecified atom stereocenters. The van der Waals surface area contributed by atoms with Gasteiger partial charge in [0.05, 0.1) is 11.4 Å². The number of hydrogen-bond acceptors (Lipinski definition) is 5. The third-order valence-corrected chi connectivity index (χ3v) is 7.33. The summed E-state index contributed by atoms with van der Waals surface area (Å²) in [4.78, 5) is 41.6. The summed E-state index contributed by atoms with van der Waals surface area (Å²) in [6.07, 6.45) is 4.90. The topological polar surface area (TPSA) is 95.7 Å². The Hall–Kier alpha value is -1.28. The fraction of sp³-hybridized carbons (Fsp3) is 0.812. The number of fused-ring (bicyclic) bond motifs is 1. The minimum absolute atomic E-state index is 0.0304. The first-order valence-electron chi connectivity index (χ1n) is 8.83. The Bertz CT molecular complexity index is 580. The molecular weight excluding hydrogens is 328 g/mol.